The summed E-state index contributed by atoms with van der Waals surface area (Å²) in [6.07, 6.45) is 1.18. The SMILES string of the molecule is CCNC(CN1CCC(N(C)C)C1)C(=O)OCC. The first-order valence-corrected chi connectivity index (χ1v) is 6.87. The molecular weight excluding hydrogens is 230 g/mol. The number of carbonyl (C=O) groups excluding carboxylic acids is 1. The van der Waals surface area contributed by atoms with Gasteiger partial charge in [-0.3, -0.25) is 9.69 Å². The maximum atomic E-state index is 11.8. The van der Waals surface area contributed by atoms with Crippen LogP contribution in [0.4, 0.5) is 0 Å². The number of rotatable bonds is 7. The van der Waals surface area contributed by atoms with Crippen LogP contribution in [0.1, 0.15) is 20.3 Å². The van der Waals surface area contributed by atoms with Crippen molar-refractivity contribution in [3.63, 3.8) is 0 Å². The lowest BCUT2D eigenvalue weighted by Gasteiger charge is -2.24. The molecule has 2 unspecified atom stereocenters. The van der Waals surface area contributed by atoms with Gasteiger partial charge in [-0.05, 0) is 40.5 Å². The summed E-state index contributed by atoms with van der Waals surface area (Å²) in [6.45, 7) is 7.93. The van der Waals surface area contributed by atoms with E-state index in [4.69, 9.17) is 4.74 Å². The zero-order valence-electron chi connectivity index (χ0n) is 12.1. The Balaban J connectivity index is 2.44. The molecule has 2 atom stereocenters. The maximum Gasteiger partial charge on any atom is 0.324 e. The summed E-state index contributed by atoms with van der Waals surface area (Å²) in [5.41, 5.74) is 0. The highest BCUT2D eigenvalue weighted by Crippen LogP contribution is 2.13. The Morgan fingerprint density at radius 3 is 2.72 bits per heavy atom. The van der Waals surface area contributed by atoms with Gasteiger partial charge in [-0.25, -0.2) is 0 Å². The van der Waals surface area contributed by atoms with Crippen LogP contribution in [0, 0.1) is 0 Å². The van der Waals surface area contributed by atoms with E-state index in [1.165, 1.54) is 6.42 Å². The predicted octanol–water partition coefficient (Wildman–Crippen LogP) is 0.164. The Hall–Kier alpha value is -0.650. The van der Waals surface area contributed by atoms with Crippen molar-refractivity contribution in [1.29, 1.82) is 0 Å². The molecule has 5 heteroatoms. The number of nitrogens with one attached hydrogen (secondary N) is 1. The smallest absolute Gasteiger partial charge is 0.324 e. The predicted molar refractivity (Wildman–Crippen MR) is 72.6 cm³/mol. The van der Waals surface area contributed by atoms with E-state index in [0.717, 1.165) is 26.2 Å². The minimum atomic E-state index is -0.198. The number of nitrogens with zero attached hydrogens (tertiary/aromatic N) is 2. The van der Waals surface area contributed by atoms with E-state index in [9.17, 15) is 4.79 Å². The zero-order chi connectivity index (χ0) is 13.5. The molecule has 0 bridgehead atoms. The Bertz CT molecular complexity index is 259. The lowest BCUT2D eigenvalue weighted by atomic mass is 10.2. The average molecular weight is 257 g/mol. The second-order valence-electron chi connectivity index (χ2n) is 5.03. The van der Waals surface area contributed by atoms with Crippen LogP contribution < -0.4 is 5.32 Å². The fourth-order valence-electron chi connectivity index (χ4n) is 2.37. The Labute approximate surface area is 110 Å². The fraction of sp³-hybridized carbons (Fsp3) is 0.923. The van der Waals surface area contributed by atoms with Gasteiger partial charge in [0.1, 0.15) is 6.04 Å². The van der Waals surface area contributed by atoms with Gasteiger partial charge >= 0.3 is 5.97 Å². The number of hydrogen-bond acceptors (Lipinski definition) is 5. The second-order valence-corrected chi connectivity index (χ2v) is 5.03. The lowest BCUT2D eigenvalue weighted by Crippen LogP contribution is -2.47. The number of likely N-dealkylation sites (N-methyl/N-ethyl adjacent to an activating group) is 2. The van der Waals surface area contributed by atoms with E-state index in [0.29, 0.717) is 12.6 Å². The minimum Gasteiger partial charge on any atom is -0.465 e. The molecule has 0 radical (unpaired) electrons. The van der Waals surface area contributed by atoms with Crippen molar-refractivity contribution in [2.24, 2.45) is 0 Å². The van der Waals surface area contributed by atoms with Crippen molar-refractivity contribution in [3.8, 4) is 0 Å². The van der Waals surface area contributed by atoms with E-state index >= 15 is 0 Å². The fourth-order valence-corrected chi connectivity index (χ4v) is 2.37. The largest absolute Gasteiger partial charge is 0.465 e. The summed E-state index contributed by atoms with van der Waals surface area (Å²) in [5.74, 6) is -0.132. The van der Waals surface area contributed by atoms with Gasteiger partial charge in [0.05, 0.1) is 6.61 Å². The van der Waals surface area contributed by atoms with E-state index in [1.54, 1.807) is 0 Å². The molecule has 18 heavy (non-hydrogen) atoms. The van der Waals surface area contributed by atoms with Crippen molar-refractivity contribution >= 4 is 5.97 Å². The normalized spacial score (nSPS) is 22.4. The third-order valence-electron chi connectivity index (χ3n) is 3.44. The highest BCUT2D eigenvalue weighted by atomic mass is 16.5. The topological polar surface area (TPSA) is 44.8 Å². The molecule has 106 valence electrons. The van der Waals surface area contributed by atoms with Crippen molar-refractivity contribution in [2.45, 2.75) is 32.4 Å². The van der Waals surface area contributed by atoms with Gasteiger partial charge < -0.3 is 15.0 Å². The van der Waals surface area contributed by atoms with Crippen LogP contribution in [0.2, 0.25) is 0 Å². The van der Waals surface area contributed by atoms with Crippen molar-refractivity contribution in [2.75, 3.05) is 46.9 Å². The number of carbonyl (C=O) groups is 1. The van der Waals surface area contributed by atoms with Crippen LogP contribution in [-0.4, -0.2) is 74.7 Å². The van der Waals surface area contributed by atoms with Crippen molar-refractivity contribution < 1.29 is 9.53 Å². The zero-order valence-corrected chi connectivity index (χ0v) is 12.1. The molecule has 0 aromatic heterocycles. The Morgan fingerprint density at radius 2 is 2.22 bits per heavy atom. The monoisotopic (exact) mass is 257 g/mol. The third-order valence-corrected chi connectivity index (χ3v) is 3.44. The first-order valence-electron chi connectivity index (χ1n) is 6.87. The van der Waals surface area contributed by atoms with Gasteiger partial charge in [-0.1, -0.05) is 6.92 Å². The molecule has 1 rings (SSSR count). The summed E-state index contributed by atoms with van der Waals surface area (Å²) >= 11 is 0. The second kappa shape index (κ2) is 7.71. The summed E-state index contributed by atoms with van der Waals surface area (Å²) < 4.78 is 5.10. The van der Waals surface area contributed by atoms with Gasteiger partial charge in [0, 0.05) is 19.1 Å². The molecule has 1 fully saturated rings. The Kier molecular flexibility index (Phi) is 6.60. The minimum absolute atomic E-state index is 0.132. The maximum absolute atomic E-state index is 11.8. The number of likely N-dealkylation sites (tertiary alicyclic amines) is 1. The summed E-state index contributed by atoms with van der Waals surface area (Å²) in [4.78, 5) is 16.4. The molecule has 1 saturated heterocycles. The quantitative estimate of drug-likeness (QED) is 0.658. The molecule has 0 amide bonds. The number of hydrogen-bond donors (Lipinski definition) is 1. The average Bonchev–Trinajstić information content (AvgIpc) is 2.77. The van der Waals surface area contributed by atoms with E-state index in [1.807, 2.05) is 13.8 Å². The molecule has 0 spiro atoms. The van der Waals surface area contributed by atoms with Crippen molar-refractivity contribution in [3.05, 3.63) is 0 Å². The van der Waals surface area contributed by atoms with Crippen LogP contribution in [0.15, 0.2) is 0 Å². The van der Waals surface area contributed by atoms with Gasteiger partial charge in [0.2, 0.25) is 0 Å². The molecule has 0 saturated carbocycles. The Morgan fingerprint density at radius 1 is 1.50 bits per heavy atom. The van der Waals surface area contributed by atoms with Crippen LogP contribution in [-0.2, 0) is 9.53 Å². The van der Waals surface area contributed by atoms with Gasteiger partial charge in [-0.15, -0.1) is 0 Å². The molecule has 5 nitrogen and oxygen atoms in total. The number of ether oxygens (including phenoxy) is 1. The van der Waals surface area contributed by atoms with Crippen LogP contribution >= 0.6 is 0 Å². The molecule has 1 heterocycles. The van der Waals surface area contributed by atoms with E-state index in [-0.39, 0.29) is 12.0 Å². The first-order chi connectivity index (χ1) is 8.58. The van der Waals surface area contributed by atoms with Gasteiger partial charge in [0.15, 0.2) is 0 Å². The first kappa shape index (κ1) is 15.4. The lowest BCUT2D eigenvalue weighted by molar-refractivity contribution is -0.146. The van der Waals surface area contributed by atoms with E-state index < -0.39 is 0 Å². The molecular formula is C13H27N3O2. The van der Waals surface area contributed by atoms with Crippen LogP contribution in [0.25, 0.3) is 0 Å². The highest BCUT2D eigenvalue weighted by molar-refractivity contribution is 5.76. The third kappa shape index (κ3) is 4.55. The molecule has 0 aliphatic carbocycles. The van der Waals surface area contributed by atoms with E-state index in [2.05, 4.69) is 29.2 Å². The summed E-state index contributed by atoms with van der Waals surface area (Å²) in [5, 5.41) is 3.21. The van der Waals surface area contributed by atoms with Crippen molar-refractivity contribution in [1.82, 2.24) is 15.1 Å². The molecule has 1 aliphatic heterocycles. The van der Waals surface area contributed by atoms with Gasteiger partial charge in [0.25, 0.3) is 0 Å². The molecule has 0 aromatic carbocycles. The summed E-state index contributed by atoms with van der Waals surface area (Å²) in [7, 11) is 4.22. The summed E-state index contributed by atoms with van der Waals surface area (Å²) in [6, 6.07) is 0.408. The standard InChI is InChI=1S/C13H27N3O2/c1-5-14-12(13(17)18-6-2)10-16-8-7-11(9-16)15(3)4/h11-12,14H,5-10H2,1-4H3. The molecule has 0 aromatic rings. The molecule has 1 N–H and O–H groups in total. The van der Waals surface area contributed by atoms with Crippen LogP contribution in [0.3, 0.4) is 0 Å². The number of esters is 1. The van der Waals surface area contributed by atoms with Gasteiger partial charge in [-0.2, -0.15) is 0 Å². The highest BCUT2D eigenvalue weighted by Gasteiger charge is 2.28. The molecule has 1 aliphatic rings. The van der Waals surface area contributed by atoms with Crippen LogP contribution in [0.5, 0.6) is 0 Å².